The minimum atomic E-state index is -4.60. The fourth-order valence-electron chi connectivity index (χ4n) is 2.41. The van der Waals surface area contributed by atoms with E-state index in [9.17, 15) is 13.2 Å². The van der Waals surface area contributed by atoms with Gasteiger partial charge < -0.3 is 0 Å². The van der Waals surface area contributed by atoms with E-state index in [0.717, 1.165) is 0 Å². The van der Waals surface area contributed by atoms with Gasteiger partial charge in [-0.2, -0.15) is 13.2 Å². The van der Waals surface area contributed by atoms with E-state index >= 15 is 0 Å². The van der Waals surface area contributed by atoms with Crippen LogP contribution in [0.5, 0.6) is 0 Å². The van der Waals surface area contributed by atoms with Crippen LogP contribution in [0.4, 0.5) is 13.2 Å². The first-order valence-corrected chi connectivity index (χ1v) is 6.99. The Labute approximate surface area is 130 Å². The van der Waals surface area contributed by atoms with Gasteiger partial charge in [-0.15, -0.1) is 6.42 Å². The molecule has 0 aliphatic carbocycles. The van der Waals surface area contributed by atoms with Crippen molar-refractivity contribution in [3.63, 3.8) is 0 Å². The first-order valence-electron chi connectivity index (χ1n) is 6.19. The molecule has 1 unspecified atom stereocenters. The van der Waals surface area contributed by atoms with Crippen LogP contribution >= 0.6 is 15.9 Å². The first kappa shape index (κ1) is 15.7. The molecular weight excluding hydrogens is 341 g/mol. The predicted molar refractivity (Wildman–Crippen MR) is 81.0 cm³/mol. The minimum absolute atomic E-state index is 0.0370. The molecule has 2 aromatic carbocycles. The Hall–Kier alpha value is -1.73. The molecule has 2 rings (SSSR count). The highest BCUT2D eigenvalue weighted by Crippen LogP contribution is 2.47. The highest BCUT2D eigenvalue weighted by molar-refractivity contribution is 9.10. The summed E-state index contributed by atoms with van der Waals surface area (Å²) in [4.78, 5) is 0. The van der Waals surface area contributed by atoms with Crippen LogP contribution in [-0.2, 0) is 5.41 Å². The summed E-state index contributed by atoms with van der Waals surface area (Å²) in [7, 11) is 0. The van der Waals surface area contributed by atoms with Gasteiger partial charge in [0, 0.05) is 4.47 Å². The SMILES string of the molecule is C#CC(c1ccc(Br)cc1)(c1ccccc1C)C(F)(F)F. The van der Waals surface area contributed by atoms with Crippen molar-refractivity contribution < 1.29 is 13.2 Å². The Bertz CT molecular complexity index is 680. The topological polar surface area (TPSA) is 0 Å². The van der Waals surface area contributed by atoms with Gasteiger partial charge in [-0.3, -0.25) is 0 Å². The van der Waals surface area contributed by atoms with Crippen LogP contribution in [0.3, 0.4) is 0 Å². The molecule has 0 aromatic heterocycles. The van der Waals surface area contributed by atoms with Crippen molar-refractivity contribution in [3.8, 4) is 12.3 Å². The highest BCUT2D eigenvalue weighted by Gasteiger charge is 2.56. The van der Waals surface area contributed by atoms with E-state index in [1.165, 1.54) is 18.2 Å². The van der Waals surface area contributed by atoms with Gasteiger partial charge in [0.05, 0.1) is 0 Å². The molecule has 0 saturated carbocycles. The molecule has 0 nitrogen and oxygen atoms in total. The third kappa shape index (κ3) is 2.58. The van der Waals surface area contributed by atoms with Gasteiger partial charge in [0.2, 0.25) is 0 Å². The molecule has 0 aliphatic rings. The fraction of sp³-hybridized carbons (Fsp3) is 0.176. The number of alkyl halides is 3. The number of hydrogen-bond acceptors (Lipinski definition) is 0. The molecule has 0 bridgehead atoms. The molecule has 0 heterocycles. The summed E-state index contributed by atoms with van der Waals surface area (Å²) < 4.78 is 42.3. The lowest BCUT2D eigenvalue weighted by molar-refractivity contribution is -0.161. The zero-order valence-corrected chi connectivity index (χ0v) is 12.8. The van der Waals surface area contributed by atoms with Crippen molar-refractivity contribution in [2.75, 3.05) is 0 Å². The van der Waals surface area contributed by atoms with Crippen LogP contribution < -0.4 is 0 Å². The maximum absolute atomic E-state index is 13.9. The largest absolute Gasteiger partial charge is 0.413 e. The minimum Gasteiger partial charge on any atom is -0.169 e. The van der Waals surface area contributed by atoms with Crippen molar-refractivity contribution in [2.24, 2.45) is 0 Å². The van der Waals surface area contributed by atoms with E-state index in [1.807, 2.05) is 5.92 Å². The molecule has 0 amide bonds. The van der Waals surface area contributed by atoms with Crippen LogP contribution in [0.2, 0.25) is 0 Å². The lowest BCUT2D eigenvalue weighted by Crippen LogP contribution is -2.42. The van der Waals surface area contributed by atoms with Gasteiger partial charge in [-0.05, 0) is 35.7 Å². The lowest BCUT2D eigenvalue weighted by Gasteiger charge is -2.33. The fourth-order valence-corrected chi connectivity index (χ4v) is 2.67. The Morgan fingerprint density at radius 1 is 1.00 bits per heavy atom. The van der Waals surface area contributed by atoms with Crippen LogP contribution in [0.25, 0.3) is 0 Å². The maximum atomic E-state index is 13.9. The quantitative estimate of drug-likeness (QED) is 0.648. The molecule has 108 valence electrons. The standard InChI is InChI=1S/C17H12BrF3/c1-3-16(17(19,20)21,13-8-10-14(18)11-9-13)15-7-5-4-6-12(15)2/h1,4-11H,2H3. The Kier molecular flexibility index (Phi) is 4.15. The summed E-state index contributed by atoms with van der Waals surface area (Å²) in [5.74, 6) is 2.01. The molecule has 0 spiro atoms. The molecule has 4 heteroatoms. The molecule has 2 aromatic rings. The maximum Gasteiger partial charge on any atom is 0.413 e. The summed E-state index contributed by atoms with van der Waals surface area (Å²) in [6.07, 6.45) is 0.788. The van der Waals surface area contributed by atoms with Gasteiger partial charge >= 0.3 is 6.18 Å². The number of hydrogen-bond donors (Lipinski definition) is 0. The number of halogens is 4. The van der Waals surface area contributed by atoms with E-state index in [2.05, 4.69) is 15.9 Å². The molecule has 0 N–H and O–H groups in total. The zero-order valence-electron chi connectivity index (χ0n) is 11.2. The molecule has 1 atom stereocenters. The second-order valence-electron chi connectivity index (χ2n) is 4.71. The third-order valence-corrected chi connectivity index (χ3v) is 4.00. The van der Waals surface area contributed by atoms with Crippen LogP contribution in [-0.4, -0.2) is 6.18 Å². The van der Waals surface area contributed by atoms with Gasteiger partial charge in [0.25, 0.3) is 0 Å². The average Bonchev–Trinajstić information content (AvgIpc) is 2.42. The van der Waals surface area contributed by atoms with Crippen molar-refractivity contribution >= 4 is 15.9 Å². The predicted octanol–water partition coefficient (Wildman–Crippen LogP) is 5.24. The Morgan fingerprint density at radius 2 is 1.57 bits per heavy atom. The Morgan fingerprint density at radius 3 is 2.05 bits per heavy atom. The van der Waals surface area contributed by atoms with E-state index < -0.39 is 11.6 Å². The summed E-state index contributed by atoms with van der Waals surface area (Å²) in [6.45, 7) is 1.63. The zero-order chi connectivity index (χ0) is 15.7. The van der Waals surface area contributed by atoms with Crippen LogP contribution in [0, 0.1) is 19.3 Å². The van der Waals surface area contributed by atoms with Gasteiger partial charge in [0.15, 0.2) is 5.41 Å². The summed E-state index contributed by atoms with van der Waals surface area (Å²) in [6, 6.07) is 12.3. The van der Waals surface area contributed by atoms with E-state index in [-0.39, 0.29) is 11.1 Å². The molecule has 0 saturated heterocycles. The summed E-state index contributed by atoms with van der Waals surface area (Å²) in [5, 5.41) is 0. The van der Waals surface area contributed by atoms with E-state index in [4.69, 9.17) is 6.42 Å². The van der Waals surface area contributed by atoms with Crippen LogP contribution in [0.1, 0.15) is 16.7 Å². The van der Waals surface area contributed by atoms with E-state index in [1.54, 1.807) is 37.3 Å². The molecule has 0 fully saturated rings. The first-order chi connectivity index (χ1) is 9.83. The van der Waals surface area contributed by atoms with Crippen molar-refractivity contribution in [1.29, 1.82) is 0 Å². The number of rotatable bonds is 2. The number of benzene rings is 2. The van der Waals surface area contributed by atoms with Crippen LogP contribution in [0.15, 0.2) is 53.0 Å². The second kappa shape index (κ2) is 5.57. The molecule has 21 heavy (non-hydrogen) atoms. The average molecular weight is 353 g/mol. The normalized spacial score (nSPS) is 14.3. The van der Waals surface area contributed by atoms with Crippen molar-refractivity contribution in [3.05, 3.63) is 69.7 Å². The monoisotopic (exact) mass is 352 g/mol. The van der Waals surface area contributed by atoms with Crippen molar-refractivity contribution in [1.82, 2.24) is 0 Å². The van der Waals surface area contributed by atoms with Crippen molar-refractivity contribution in [2.45, 2.75) is 18.5 Å². The third-order valence-electron chi connectivity index (χ3n) is 3.47. The summed E-state index contributed by atoms with van der Waals surface area (Å²) >= 11 is 3.22. The molecule has 0 radical (unpaired) electrons. The van der Waals surface area contributed by atoms with E-state index in [0.29, 0.717) is 10.0 Å². The summed E-state index contributed by atoms with van der Waals surface area (Å²) in [5.41, 5.74) is -1.81. The van der Waals surface area contributed by atoms with Gasteiger partial charge in [0.1, 0.15) is 0 Å². The lowest BCUT2D eigenvalue weighted by atomic mass is 9.73. The second-order valence-corrected chi connectivity index (χ2v) is 5.63. The Balaban J connectivity index is 2.81. The van der Waals surface area contributed by atoms with Gasteiger partial charge in [-0.25, -0.2) is 0 Å². The van der Waals surface area contributed by atoms with Gasteiger partial charge in [-0.1, -0.05) is 58.2 Å². The number of aryl methyl sites for hydroxylation is 1. The number of terminal acetylenes is 1. The molecule has 0 aliphatic heterocycles. The highest BCUT2D eigenvalue weighted by atomic mass is 79.9. The smallest absolute Gasteiger partial charge is 0.169 e. The molecular formula is C17H12BrF3.